The molecule has 0 radical (unpaired) electrons. The number of anilines is 1. The van der Waals surface area contributed by atoms with E-state index in [1.54, 1.807) is 0 Å². The molecule has 0 bridgehead atoms. The molecule has 5 N–H and O–H groups in total. The lowest BCUT2D eigenvalue weighted by atomic mass is 9.43. The number of amides is 1. The van der Waals surface area contributed by atoms with E-state index in [1.165, 1.54) is 18.2 Å². The fraction of sp³-hybridized carbons (Fsp3) is 0.719. The maximum atomic E-state index is 12.8. The van der Waals surface area contributed by atoms with Crippen LogP contribution in [0.25, 0.3) is 10.9 Å². The number of nitrogens with one attached hydrogen (secondary N) is 3. The molecule has 10 heteroatoms. The van der Waals surface area contributed by atoms with Crippen LogP contribution in [0.1, 0.15) is 85.0 Å². The average molecular weight is 582 g/mol. The van der Waals surface area contributed by atoms with Gasteiger partial charge >= 0.3 is 0 Å². The van der Waals surface area contributed by atoms with Crippen LogP contribution in [0.2, 0.25) is 0 Å². The quantitative estimate of drug-likeness (QED) is 0.227. The Morgan fingerprint density at radius 1 is 1.12 bits per heavy atom. The summed E-state index contributed by atoms with van der Waals surface area (Å²) in [7, 11) is 0. The van der Waals surface area contributed by atoms with Crippen LogP contribution in [-0.2, 0) is 4.79 Å². The Bertz CT molecular complexity index is 1360. The Labute approximate surface area is 246 Å². The van der Waals surface area contributed by atoms with Gasteiger partial charge in [-0.3, -0.25) is 25.8 Å². The summed E-state index contributed by atoms with van der Waals surface area (Å²) in [5.74, 6) is 1.93. The molecule has 6 rings (SSSR count). The van der Waals surface area contributed by atoms with E-state index in [-0.39, 0.29) is 40.3 Å². The van der Waals surface area contributed by atoms with E-state index in [0.717, 1.165) is 57.8 Å². The lowest BCUT2D eigenvalue weighted by Crippen LogP contribution is -2.58. The van der Waals surface area contributed by atoms with Gasteiger partial charge in [0.15, 0.2) is 0 Å². The smallest absolute Gasteiger partial charge is 0.271 e. The monoisotopic (exact) mass is 581 g/mol. The van der Waals surface area contributed by atoms with Crippen LogP contribution in [0.3, 0.4) is 0 Å². The first kappa shape index (κ1) is 29.2. The number of H-pyrrole nitrogens is 1. The zero-order valence-electron chi connectivity index (χ0n) is 24.9. The fourth-order valence-electron chi connectivity index (χ4n) is 10.3. The number of aliphatic hydroxyl groups excluding tert-OH is 2. The maximum Gasteiger partial charge on any atom is 0.271 e. The first-order valence-electron chi connectivity index (χ1n) is 15.8. The van der Waals surface area contributed by atoms with E-state index < -0.39 is 10.8 Å². The molecule has 0 spiro atoms. The Morgan fingerprint density at radius 3 is 2.62 bits per heavy atom. The molecule has 1 aromatic carbocycles. The molecule has 1 amide bonds. The van der Waals surface area contributed by atoms with E-state index in [2.05, 4.69) is 36.6 Å². The summed E-state index contributed by atoms with van der Waals surface area (Å²) in [6.45, 7) is 7.13. The van der Waals surface area contributed by atoms with Crippen LogP contribution in [0.5, 0.6) is 5.88 Å². The molecule has 4 saturated carbocycles. The molecule has 230 valence electrons. The average Bonchev–Trinajstić information content (AvgIpc) is 3.46. The first-order valence-corrected chi connectivity index (χ1v) is 15.8. The highest BCUT2D eigenvalue weighted by atomic mass is 16.6. The number of rotatable bonds is 7. The van der Waals surface area contributed by atoms with Crippen molar-refractivity contribution in [2.24, 2.45) is 46.3 Å². The van der Waals surface area contributed by atoms with E-state index in [9.17, 15) is 30.2 Å². The first-order chi connectivity index (χ1) is 19.9. The van der Waals surface area contributed by atoms with Gasteiger partial charge in [-0.2, -0.15) is 0 Å². The summed E-state index contributed by atoms with van der Waals surface area (Å²) in [5.41, 5.74) is 6.14. The molecule has 10 nitrogen and oxygen atoms in total. The summed E-state index contributed by atoms with van der Waals surface area (Å²) in [6, 6.07) is 4.13. The van der Waals surface area contributed by atoms with Crippen molar-refractivity contribution in [3.8, 4) is 5.88 Å². The van der Waals surface area contributed by atoms with Crippen LogP contribution in [0.15, 0.2) is 18.2 Å². The van der Waals surface area contributed by atoms with Crippen molar-refractivity contribution >= 4 is 28.2 Å². The number of nitro groups is 1. The normalized spacial score (nSPS) is 38.3. The number of carbonyl (C=O) groups excluding carboxylic acids is 1. The number of nitrogens with zero attached hydrogens (tertiary/aromatic N) is 1. The molecule has 0 aliphatic heterocycles. The van der Waals surface area contributed by atoms with Gasteiger partial charge in [-0.25, -0.2) is 0 Å². The molecule has 2 aromatic rings. The van der Waals surface area contributed by atoms with Gasteiger partial charge in [-0.1, -0.05) is 20.8 Å². The highest BCUT2D eigenvalue weighted by Gasteiger charge is 2.62. The Morgan fingerprint density at radius 2 is 1.86 bits per heavy atom. The standard InChI is InChI=1S/C32H46N4O6/c1-17(4-9-27(39)34-35-29-21-6-5-19(36(41)42)16-25(21)33-30(29)40)22-7-8-23-28-24(11-13-32(22,23)3)31(2)12-10-20(37)14-18(31)15-26(28)38/h5-6,16-18,20,22-24,26,28,33,35,37-38,40H,4,7-15H2,1-3H3,(H,34,39)/p-1. The van der Waals surface area contributed by atoms with E-state index in [0.29, 0.717) is 52.8 Å². The molecule has 4 fully saturated rings. The van der Waals surface area contributed by atoms with Gasteiger partial charge in [-0.05, 0) is 116 Å². The van der Waals surface area contributed by atoms with Crippen molar-refractivity contribution in [2.75, 3.05) is 5.43 Å². The number of aromatic amines is 1. The van der Waals surface area contributed by atoms with Gasteiger partial charge in [0.05, 0.1) is 28.3 Å². The summed E-state index contributed by atoms with van der Waals surface area (Å²) in [4.78, 5) is 25.9. The maximum absolute atomic E-state index is 12.8. The van der Waals surface area contributed by atoms with Crippen LogP contribution in [0, 0.1) is 56.5 Å². The molecule has 10 unspecified atom stereocenters. The zero-order chi connectivity index (χ0) is 30.0. The summed E-state index contributed by atoms with van der Waals surface area (Å²) >= 11 is 0. The number of hydrogen-bond donors (Lipinski definition) is 5. The third-order valence-electron chi connectivity index (χ3n) is 12.5. The van der Waals surface area contributed by atoms with Crippen molar-refractivity contribution in [3.63, 3.8) is 0 Å². The highest BCUT2D eigenvalue weighted by molar-refractivity contribution is 5.97. The predicted octanol–water partition coefficient (Wildman–Crippen LogP) is 5.00. The van der Waals surface area contributed by atoms with Crippen molar-refractivity contribution in [3.05, 3.63) is 28.3 Å². The third kappa shape index (κ3) is 4.75. The van der Waals surface area contributed by atoms with Gasteiger partial charge in [0.2, 0.25) is 5.91 Å². The fourth-order valence-corrected chi connectivity index (χ4v) is 10.3. The van der Waals surface area contributed by atoms with Gasteiger partial charge in [0.1, 0.15) is 0 Å². The van der Waals surface area contributed by atoms with Crippen molar-refractivity contribution < 1.29 is 25.0 Å². The van der Waals surface area contributed by atoms with E-state index >= 15 is 0 Å². The molecule has 4 aliphatic rings. The summed E-state index contributed by atoms with van der Waals surface area (Å²) in [6.07, 6.45) is 8.67. The second-order valence-electron chi connectivity index (χ2n) is 14.5. The molecular formula is C32H45N4O6-. The van der Waals surface area contributed by atoms with Crippen LogP contribution in [0.4, 0.5) is 11.4 Å². The number of hydrogen-bond acceptors (Lipinski definition) is 7. The second-order valence-corrected chi connectivity index (χ2v) is 14.5. The lowest BCUT2D eigenvalue weighted by molar-refractivity contribution is -0.384. The topological polar surface area (TPSA) is 164 Å². The molecule has 1 aromatic heterocycles. The number of benzene rings is 1. The van der Waals surface area contributed by atoms with Crippen LogP contribution < -0.4 is 16.0 Å². The largest absolute Gasteiger partial charge is 0.859 e. The van der Waals surface area contributed by atoms with E-state index in [4.69, 9.17) is 0 Å². The van der Waals surface area contributed by atoms with Crippen LogP contribution >= 0.6 is 0 Å². The van der Waals surface area contributed by atoms with Gasteiger partial charge < -0.3 is 20.3 Å². The minimum absolute atomic E-state index is 0.116. The predicted molar refractivity (Wildman–Crippen MR) is 157 cm³/mol. The molecule has 10 atom stereocenters. The van der Waals surface area contributed by atoms with Crippen LogP contribution in [-0.4, -0.2) is 38.2 Å². The summed E-state index contributed by atoms with van der Waals surface area (Å²) < 4.78 is 0. The Kier molecular flexibility index (Phi) is 7.45. The number of aromatic nitrogens is 1. The lowest BCUT2D eigenvalue weighted by Gasteiger charge is -2.62. The number of hydrazine groups is 1. The molecule has 1 heterocycles. The molecular weight excluding hydrogens is 536 g/mol. The molecule has 42 heavy (non-hydrogen) atoms. The molecule has 0 saturated heterocycles. The molecule has 4 aliphatic carbocycles. The van der Waals surface area contributed by atoms with Crippen molar-refractivity contribution in [1.29, 1.82) is 0 Å². The van der Waals surface area contributed by atoms with Crippen molar-refractivity contribution in [2.45, 2.75) is 97.2 Å². The SMILES string of the molecule is CC(CCC(=O)NNc1c([O-])[nH]c2cc([N+](=O)[O-])ccc12)C1CCC2C3C(O)CC4CC(O)CCC4(C)C3CCC12C. The minimum atomic E-state index is -0.519. The number of non-ortho nitro benzene ring substituents is 1. The number of carbonyl (C=O) groups is 1. The van der Waals surface area contributed by atoms with E-state index in [1.807, 2.05) is 0 Å². The van der Waals surface area contributed by atoms with Crippen molar-refractivity contribution in [1.82, 2.24) is 10.4 Å². The number of aliphatic hydroxyl groups is 2. The van der Waals surface area contributed by atoms with Gasteiger partial charge in [0, 0.05) is 23.9 Å². The second kappa shape index (κ2) is 10.7. The third-order valence-corrected chi connectivity index (χ3v) is 12.5. The number of nitro benzene ring substituents is 1. The zero-order valence-corrected chi connectivity index (χ0v) is 24.9. The number of fused-ring (bicyclic) bond motifs is 6. The Hall–Kier alpha value is -2.85. The Balaban J connectivity index is 1.07. The van der Waals surface area contributed by atoms with Gasteiger partial charge in [-0.15, -0.1) is 0 Å². The highest BCUT2D eigenvalue weighted by Crippen LogP contribution is 2.68. The summed E-state index contributed by atoms with van der Waals surface area (Å²) in [5, 5.41) is 45.7. The minimum Gasteiger partial charge on any atom is -0.859 e. The van der Waals surface area contributed by atoms with Gasteiger partial charge in [0.25, 0.3) is 5.69 Å².